The lowest BCUT2D eigenvalue weighted by atomic mass is 10.0. The molecule has 0 aromatic heterocycles. The van der Waals surface area contributed by atoms with E-state index in [4.69, 9.17) is 27.9 Å². The number of ether oxygens (including phenoxy) is 1. The maximum Gasteiger partial charge on any atom is 0.265 e. The molecular weight excluding hydrogens is 505 g/mol. The zero-order chi connectivity index (χ0) is 24.8. The van der Waals surface area contributed by atoms with Crippen molar-refractivity contribution >= 4 is 39.1 Å². The summed E-state index contributed by atoms with van der Waals surface area (Å²) in [5.41, 5.74) is 4.40. The van der Waals surface area contributed by atoms with E-state index in [1.54, 1.807) is 24.3 Å². The Hall–Kier alpha value is -3.16. The first-order chi connectivity index (χ1) is 16.8. The Morgan fingerprint density at radius 2 is 1.31 bits per heavy atom. The molecule has 0 saturated carbocycles. The van der Waals surface area contributed by atoms with Crippen molar-refractivity contribution in [2.24, 2.45) is 0 Å². The van der Waals surface area contributed by atoms with Crippen molar-refractivity contribution in [3.8, 4) is 11.1 Å². The minimum absolute atomic E-state index is 0.0694. The molecule has 0 aliphatic rings. The molecule has 178 valence electrons. The van der Waals surface area contributed by atoms with Gasteiger partial charge in [-0.05, 0) is 52.6 Å². The Bertz CT molecular complexity index is 1420. The standard InChI is InChI=1S/C27H21Cl2NO4S/c28-24-14-15-26(25(29)16-24)35(32,33)30-27(31)23-12-8-20(9-13-23)18-34-17-19-6-10-22(11-7-19)21-4-2-1-3-5-21/h1-16H,17-18H2,(H,30,31). The van der Waals surface area contributed by atoms with Crippen LogP contribution in [0.3, 0.4) is 0 Å². The van der Waals surface area contributed by atoms with Gasteiger partial charge >= 0.3 is 0 Å². The number of rotatable bonds is 8. The Labute approximate surface area is 214 Å². The van der Waals surface area contributed by atoms with Crippen LogP contribution in [-0.2, 0) is 28.0 Å². The molecule has 0 bridgehead atoms. The van der Waals surface area contributed by atoms with Crippen LogP contribution < -0.4 is 4.72 Å². The van der Waals surface area contributed by atoms with Gasteiger partial charge in [-0.1, -0.05) is 89.9 Å². The molecular formula is C27H21Cl2NO4S. The van der Waals surface area contributed by atoms with E-state index in [0.717, 1.165) is 22.3 Å². The Morgan fingerprint density at radius 1 is 0.743 bits per heavy atom. The van der Waals surface area contributed by atoms with Crippen LogP contribution in [-0.4, -0.2) is 14.3 Å². The number of carbonyl (C=O) groups excluding carboxylic acids is 1. The molecule has 5 nitrogen and oxygen atoms in total. The molecule has 8 heteroatoms. The third-order valence-electron chi connectivity index (χ3n) is 5.23. The van der Waals surface area contributed by atoms with Gasteiger partial charge in [0.25, 0.3) is 15.9 Å². The van der Waals surface area contributed by atoms with Crippen molar-refractivity contribution in [3.05, 3.63) is 124 Å². The van der Waals surface area contributed by atoms with Gasteiger partial charge in [0.05, 0.1) is 18.2 Å². The van der Waals surface area contributed by atoms with Crippen LogP contribution in [0.2, 0.25) is 10.0 Å². The molecule has 0 spiro atoms. The minimum atomic E-state index is -4.15. The second-order valence-electron chi connectivity index (χ2n) is 7.76. The van der Waals surface area contributed by atoms with Crippen molar-refractivity contribution in [1.82, 2.24) is 4.72 Å². The summed E-state index contributed by atoms with van der Waals surface area (Å²) in [5, 5.41) is 0.224. The van der Waals surface area contributed by atoms with Crippen LogP contribution in [0.25, 0.3) is 11.1 Å². The predicted octanol–water partition coefficient (Wildman–Crippen LogP) is 6.50. The molecule has 0 saturated heterocycles. The SMILES string of the molecule is O=C(NS(=O)(=O)c1ccc(Cl)cc1Cl)c1ccc(COCc2ccc(-c3ccccc3)cc2)cc1. The molecule has 0 radical (unpaired) electrons. The van der Waals surface area contributed by atoms with E-state index >= 15 is 0 Å². The highest BCUT2D eigenvalue weighted by Gasteiger charge is 2.21. The second kappa shape index (κ2) is 11.1. The molecule has 0 atom stereocenters. The van der Waals surface area contributed by atoms with E-state index in [1.807, 2.05) is 35.1 Å². The average Bonchev–Trinajstić information content (AvgIpc) is 2.85. The summed E-state index contributed by atoms with van der Waals surface area (Å²) in [4.78, 5) is 12.2. The van der Waals surface area contributed by atoms with E-state index in [9.17, 15) is 13.2 Å². The summed E-state index contributed by atoms with van der Waals surface area (Å²) in [7, 11) is -4.15. The van der Waals surface area contributed by atoms with Gasteiger partial charge < -0.3 is 4.74 Å². The first kappa shape index (κ1) is 24.9. The lowest BCUT2D eigenvalue weighted by Gasteiger charge is -2.10. The van der Waals surface area contributed by atoms with Gasteiger partial charge in [-0.2, -0.15) is 0 Å². The summed E-state index contributed by atoms with van der Waals surface area (Å²) in [6.07, 6.45) is 0. The number of sulfonamides is 1. The topological polar surface area (TPSA) is 72.5 Å². The summed E-state index contributed by atoms with van der Waals surface area (Å²) < 4.78 is 32.8. The normalized spacial score (nSPS) is 11.3. The van der Waals surface area contributed by atoms with Gasteiger partial charge in [-0.25, -0.2) is 13.1 Å². The number of nitrogens with one attached hydrogen (secondary N) is 1. The average molecular weight is 526 g/mol. The molecule has 0 fully saturated rings. The summed E-state index contributed by atoms with van der Waals surface area (Å²) in [5.74, 6) is -0.762. The monoisotopic (exact) mass is 525 g/mol. The second-order valence-corrected chi connectivity index (χ2v) is 10.3. The van der Waals surface area contributed by atoms with E-state index in [1.165, 1.54) is 18.2 Å². The molecule has 4 aromatic rings. The third kappa shape index (κ3) is 6.50. The summed E-state index contributed by atoms with van der Waals surface area (Å²) in [6, 6.07) is 28.8. The molecule has 35 heavy (non-hydrogen) atoms. The fraction of sp³-hybridized carbons (Fsp3) is 0.0741. The largest absolute Gasteiger partial charge is 0.372 e. The van der Waals surface area contributed by atoms with E-state index in [0.29, 0.717) is 18.2 Å². The smallest absolute Gasteiger partial charge is 0.265 e. The molecule has 4 rings (SSSR count). The Morgan fingerprint density at radius 3 is 1.91 bits per heavy atom. The van der Waals surface area contributed by atoms with Gasteiger partial charge in [-0.15, -0.1) is 0 Å². The summed E-state index contributed by atoms with van der Waals surface area (Å²) in [6.45, 7) is 0.790. The van der Waals surface area contributed by atoms with Gasteiger partial charge in [0.1, 0.15) is 4.90 Å². The maximum atomic E-state index is 12.5. The zero-order valence-electron chi connectivity index (χ0n) is 18.4. The number of halogens is 2. The summed E-state index contributed by atoms with van der Waals surface area (Å²) >= 11 is 11.8. The van der Waals surface area contributed by atoms with Gasteiger partial charge in [0, 0.05) is 10.6 Å². The Balaban J connectivity index is 1.31. The highest BCUT2D eigenvalue weighted by molar-refractivity contribution is 7.90. The molecule has 0 aliphatic carbocycles. The van der Waals surface area contributed by atoms with Crippen molar-refractivity contribution in [2.75, 3.05) is 0 Å². The maximum absolute atomic E-state index is 12.5. The van der Waals surface area contributed by atoms with Gasteiger partial charge in [-0.3, -0.25) is 4.79 Å². The molecule has 0 aliphatic heterocycles. The van der Waals surface area contributed by atoms with E-state index in [-0.39, 0.29) is 15.5 Å². The fourth-order valence-electron chi connectivity index (χ4n) is 3.39. The molecule has 0 unspecified atom stereocenters. The quantitative estimate of drug-likeness (QED) is 0.285. The third-order valence-corrected chi connectivity index (χ3v) is 7.27. The van der Waals surface area contributed by atoms with Crippen molar-refractivity contribution in [3.63, 3.8) is 0 Å². The lowest BCUT2D eigenvalue weighted by molar-refractivity contribution is 0.0980. The lowest BCUT2D eigenvalue weighted by Crippen LogP contribution is -2.30. The van der Waals surface area contributed by atoms with Gasteiger partial charge in [0.15, 0.2) is 0 Å². The zero-order valence-corrected chi connectivity index (χ0v) is 20.8. The van der Waals surface area contributed by atoms with Crippen molar-refractivity contribution in [2.45, 2.75) is 18.1 Å². The molecule has 4 aromatic carbocycles. The first-order valence-electron chi connectivity index (χ1n) is 10.6. The highest BCUT2D eigenvalue weighted by atomic mass is 35.5. The van der Waals surface area contributed by atoms with Crippen LogP contribution in [0.1, 0.15) is 21.5 Å². The van der Waals surface area contributed by atoms with E-state index < -0.39 is 15.9 Å². The van der Waals surface area contributed by atoms with E-state index in [2.05, 4.69) is 24.3 Å². The molecule has 0 heterocycles. The Kier molecular flexibility index (Phi) is 7.88. The van der Waals surface area contributed by atoms with Gasteiger partial charge in [0.2, 0.25) is 0 Å². The first-order valence-corrected chi connectivity index (χ1v) is 12.9. The van der Waals surface area contributed by atoms with Crippen LogP contribution in [0.15, 0.2) is 102 Å². The predicted molar refractivity (Wildman–Crippen MR) is 138 cm³/mol. The molecule has 1 amide bonds. The fourth-order valence-corrected chi connectivity index (χ4v) is 5.14. The van der Waals surface area contributed by atoms with Crippen molar-refractivity contribution < 1.29 is 17.9 Å². The highest BCUT2D eigenvalue weighted by Crippen LogP contribution is 2.25. The number of hydrogen-bond acceptors (Lipinski definition) is 4. The molecule has 1 N–H and O–H groups in total. The van der Waals surface area contributed by atoms with Crippen LogP contribution >= 0.6 is 23.2 Å². The number of hydrogen-bond donors (Lipinski definition) is 1. The van der Waals surface area contributed by atoms with Crippen LogP contribution in [0.4, 0.5) is 0 Å². The van der Waals surface area contributed by atoms with Crippen LogP contribution in [0.5, 0.6) is 0 Å². The van der Waals surface area contributed by atoms with Crippen LogP contribution in [0, 0.1) is 0 Å². The minimum Gasteiger partial charge on any atom is -0.372 e. The number of amides is 1. The number of carbonyl (C=O) groups is 1. The van der Waals surface area contributed by atoms with Crippen molar-refractivity contribution in [1.29, 1.82) is 0 Å². The number of benzene rings is 4.